The van der Waals surface area contributed by atoms with E-state index in [1.807, 2.05) is 35.9 Å². The third-order valence-corrected chi connectivity index (χ3v) is 3.40. The molecule has 102 valence electrons. The lowest BCUT2D eigenvalue weighted by molar-refractivity contribution is 0.287. The third kappa shape index (κ3) is 2.64. The predicted molar refractivity (Wildman–Crippen MR) is 73.4 cm³/mol. The van der Waals surface area contributed by atoms with Gasteiger partial charge in [-0.3, -0.25) is 0 Å². The zero-order valence-electron chi connectivity index (χ0n) is 11.4. The Bertz CT molecular complexity index is 652. The van der Waals surface area contributed by atoms with Crippen LogP contribution >= 0.6 is 0 Å². The normalized spacial score (nSPS) is 14.0. The van der Waals surface area contributed by atoms with E-state index in [0.29, 0.717) is 24.8 Å². The van der Waals surface area contributed by atoms with Crippen LogP contribution in [-0.4, -0.2) is 21.6 Å². The zero-order valence-corrected chi connectivity index (χ0v) is 11.4. The summed E-state index contributed by atoms with van der Waals surface area (Å²) in [6.07, 6.45) is 2.25. The van der Waals surface area contributed by atoms with Gasteiger partial charge in [0.2, 0.25) is 0 Å². The van der Waals surface area contributed by atoms with Crippen LogP contribution in [0.15, 0.2) is 24.3 Å². The zero-order chi connectivity index (χ0) is 13.9. The highest BCUT2D eigenvalue weighted by atomic mass is 16.5. The van der Waals surface area contributed by atoms with Gasteiger partial charge in [-0.25, -0.2) is 4.68 Å². The van der Waals surface area contributed by atoms with Gasteiger partial charge in [0.25, 0.3) is 0 Å². The molecular weight excluding hydrogens is 252 g/mol. The van der Waals surface area contributed by atoms with Crippen LogP contribution < -0.4 is 4.74 Å². The molecule has 0 unspecified atom stereocenters. The van der Waals surface area contributed by atoms with Gasteiger partial charge in [-0.1, -0.05) is 17.3 Å². The molecule has 0 N–H and O–H groups in total. The quantitative estimate of drug-likeness (QED) is 0.835. The van der Waals surface area contributed by atoms with Crippen LogP contribution in [0.4, 0.5) is 0 Å². The van der Waals surface area contributed by atoms with Crippen molar-refractivity contribution in [3.8, 4) is 11.8 Å². The van der Waals surface area contributed by atoms with E-state index in [-0.39, 0.29) is 0 Å². The molecule has 1 heterocycles. The van der Waals surface area contributed by atoms with Crippen molar-refractivity contribution in [3.63, 3.8) is 0 Å². The summed E-state index contributed by atoms with van der Waals surface area (Å²) in [5, 5.41) is 17.0. The van der Waals surface area contributed by atoms with E-state index in [4.69, 9.17) is 10.00 Å². The van der Waals surface area contributed by atoms with E-state index in [1.165, 1.54) is 5.56 Å². The molecule has 0 atom stereocenters. The Morgan fingerprint density at radius 3 is 3.00 bits per heavy atom. The van der Waals surface area contributed by atoms with Crippen LogP contribution in [0.2, 0.25) is 0 Å². The molecule has 2 aromatic rings. The highest BCUT2D eigenvalue weighted by Gasteiger charge is 2.31. The van der Waals surface area contributed by atoms with Crippen LogP contribution in [0.1, 0.15) is 35.7 Å². The Kier molecular flexibility index (Phi) is 3.38. The SMILES string of the molecule is Cc1cccc(OCCn2nnc(C#N)c2C2CC2)c1. The second-order valence-corrected chi connectivity index (χ2v) is 5.10. The molecule has 1 aliphatic carbocycles. The maximum atomic E-state index is 9.05. The number of benzene rings is 1. The summed E-state index contributed by atoms with van der Waals surface area (Å²) >= 11 is 0. The van der Waals surface area contributed by atoms with Crippen molar-refractivity contribution in [2.75, 3.05) is 6.61 Å². The maximum absolute atomic E-state index is 9.05. The van der Waals surface area contributed by atoms with E-state index >= 15 is 0 Å². The fourth-order valence-corrected chi connectivity index (χ4v) is 2.28. The number of hydrogen-bond acceptors (Lipinski definition) is 4. The summed E-state index contributed by atoms with van der Waals surface area (Å²) in [6, 6.07) is 10.1. The van der Waals surface area contributed by atoms with Crippen molar-refractivity contribution in [1.29, 1.82) is 5.26 Å². The first-order valence-corrected chi connectivity index (χ1v) is 6.81. The maximum Gasteiger partial charge on any atom is 0.186 e. The minimum absolute atomic E-state index is 0.457. The summed E-state index contributed by atoms with van der Waals surface area (Å²) in [6.45, 7) is 3.18. The van der Waals surface area contributed by atoms with Crippen molar-refractivity contribution < 1.29 is 4.74 Å². The molecule has 5 nitrogen and oxygen atoms in total. The van der Waals surface area contributed by atoms with Crippen LogP contribution in [0.3, 0.4) is 0 Å². The first-order chi connectivity index (χ1) is 9.78. The highest BCUT2D eigenvalue weighted by Crippen LogP contribution is 2.40. The Balaban J connectivity index is 1.64. The number of rotatable bonds is 5. The second kappa shape index (κ2) is 5.33. The molecule has 20 heavy (non-hydrogen) atoms. The largest absolute Gasteiger partial charge is 0.492 e. The Morgan fingerprint density at radius 2 is 2.30 bits per heavy atom. The summed E-state index contributed by atoms with van der Waals surface area (Å²) in [5.41, 5.74) is 2.61. The van der Waals surface area contributed by atoms with Crippen molar-refractivity contribution in [1.82, 2.24) is 15.0 Å². The first-order valence-electron chi connectivity index (χ1n) is 6.81. The van der Waals surface area contributed by atoms with Gasteiger partial charge in [-0.15, -0.1) is 5.10 Å². The van der Waals surface area contributed by atoms with Gasteiger partial charge in [-0.2, -0.15) is 5.26 Å². The Hall–Kier alpha value is -2.35. The molecule has 5 heteroatoms. The van der Waals surface area contributed by atoms with Crippen molar-refractivity contribution in [2.45, 2.75) is 32.2 Å². The van der Waals surface area contributed by atoms with Crippen molar-refractivity contribution in [3.05, 3.63) is 41.2 Å². The van der Waals surface area contributed by atoms with Gasteiger partial charge in [0.1, 0.15) is 18.4 Å². The molecule has 0 aliphatic heterocycles. The molecule has 0 bridgehead atoms. The molecule has 3 rings (SSSR count). The predicted octanol–water partition coefficient (Wildman–Crippen LogP) is 2.41. The lowest BCUT2D eigenvalue weighted by Gasteiger charge is -2.08. The van der Waals surface area contributed by atoms with Gasteiger partial charge in [-0.05, 0) is 37.5 Å². The Morgan fingerprint density at radius 1 is 1.45 bits per heavy atom. The van der Waals surface area contributed by atoms with E-state index in [2.05, 4.69) is 16.4 Å². The number of aryl methyl sites for hydroxylation is 1. The fourth-order valence-electron chi connectivity index (χ4n) is 2.28. The summed E-state index contributed by atoms with van der Waals surface area (Å²) in [7, 11) is 0. The summed E-state index contributed by atoms with van der Waals surface area (Å²) in [4.78, 5) is 0. The Labute approximate surface area is 117 Å². The third-order valence-electron chi connectivity index (χ3n) is 3.40. The van der Waals surface area contributed by atoms with E-state index < -0.39 is 0 Å². The molecule has 1 saturated carbocycles. The molecule has 1 aromatic carbocycles. The van der Waals surface area contributed by atoms with Crippen LogP contribution in [0.5, 0.6) is 5.75 Å². The number of nitrogens with zero attached hydrogens (tertiary/aromatic N) is 4. The summed E-state index contributed by atoms with van der Waals surface area (Å²) in [5.74, 6) is 1.32. The highest BCUT2D eigenvalue weighted by molar-refractivity contribution is 5.30. The number of nitriles is 1. The molecular formula is C15H16N4O. The smallest absolute Gasteiger partial charge is 0.186 e. The fraction of sp³-hybridized carbons (Fsp3) is 0.400. The van der Waals surface area contributed by atoms with E-state index in [1.54, 1.807) is 0 Å². The van der Waals surface area contributed by atoms with Crippen LogP contribution in [0.25, 0.3) is 0 Å². The molecule has 1 fully saturated rings. The molecule has 0 amide bonds. The van der Waals surface area contributed by atoms with Crippen LogP contribution in [-0.2, 0) is 6.54 Å². The standard InChI is InChI=1S/C15H16N4O/c1-11-3-2-4-13(9-11)20-8-7-19-15(12-5-6-12)14(10-16)17-18-19/h2-4,9,12H,5-8H2,1H3. The second-order valence-electron chi connectivity index (χ2n) is 5.10. The van der Waals surface area contributed by atoms with E-state index in [0.717, 1.165) is 24.3 Å². The molecule has 1 aliphatic rings. The topological polar surface area (TPSA) is 63.7 Å². The lowest BCUT2D eigenvalue weighted by atomic mass is 10.2. The van der Waals surface area contributed by atoms with Crippen molar-refractivity contribution in [2.24, 2.45) is 0 Å². The molecule has 0 spiro atoms. The lowest BCUT2D eigenvalue weighted by Crippen LogP contribution is -2.12. The average molecular weight is 268 g/mol. The number of aromatic nitrogens is 3. The summed E-state index contributed by atoms with van der Waals surface area (Å²) < 4.78 is 7.53. The average Bonchev–Trinajstić information content (AvgIpc) is 3.20. The van der Waals surface area contributed by atoms with Gasteiger partial charge in [0.05, 0.1) is 12.2 Å². The molecule has 1 aromatic heterocycles. The van der Waals surface area contributed by atoms with Crippen LogP contribution in [0, 0.1) is 18.3 Å². The van der Waals surface area contributed by atoms with Gasteiger partial charge < -0.3 is 4.74 Å². The van der Waals surface area contributed by atoms with E-state index in [9.17, 15) is 0 Å². The van der Waals surface area contributed by atoms with Gasteiger partial charge in [0, 0.05) is 5.92 Å². The minimum Gasteiger partial charge on any atom is -0.492 e. The number of ether oxygens (including phenoxy) is 1. The first kappa shape index (κ1) is 12.7. The number of hydrogen-bond donors (Lipinski definition) is 0. The van der Waals surface area contributed by atoms with Crippen molar-refractivity contribution >= 4 is 0 Å². The molecule has 0 saturated heterocycles. The minimum atomic E-state index is 0.457. The molecule has 0 radical (unpaired) electrons. The van der Waals surface area contributed by atoms with Gasteiger partial charge >= 0.3 is 0 Å². The van der Waals surface area contributed by atoms with Gasteiger partial charge in [0.15, 0.2) is 5.69 Å². The monoisotopic (exact) mass is 268 g/mol.